The highest BCUT2D eigenvalue weighted by atomic mass is 127. The molecule has 1 aromatic rings. The van der Waals surface area contributed by atoms with Crippen LogP contribution in [0.4, 0.5) is 4.39 Å². The molecule has 0 aromatic heterocycles. The van der Waals surface area contributed by atoms with E-state index in [1.165, 1.54) is 6.07 Å². The lowest BCUT2D eigenvalue weighted by Gasteiger charge is -2.09. The van der Waals surface area contributed by atoms with Gasteiger partial charge in [-0.25, -0.2) is 9.38 Å². The van der Waals surface area contributed by atoms with Crippen molar-refractivity contribution in [1.29, 1.82) is 0 Å². The highest BCUT2D eigenvalue weighted by Crippen LogP contribution is 2.09. The molecule has 104 valence electrons. The average Bonchev–Trinajstić information content (AvgIpc) is 2.37. The van der Waals surface area contributed by atoms with E-state index < -0.39 is 0 Å². The Morgan fingerprint density at radius 3 is 2.74 bits per heavy atom. The molecule has 0 spiro atoms. The third-order valence-electron chi connectivity index (χ3n) is 2.34. The minimum atomic E-state index is -0.194. The minimum Gasteiger partial charge on any atom is -0.357 e. The van der Waals surface area contributed by atoms with Crippen molar-refractivity contribution >= 4 is 29.9 Å². The van der Waals surface area contributed by atoms with Crippen LogP contribution in [0.2, 0.25) is 0 Å². The lowest BCUT2D eigenvalue weighted by Crippen LogP contribution is -2.37. The molecule has 3 nitrogen and oxygen atoms in total. The normalized spacial score (nSPS) is 10.3. The van der Waals surface area contributed by atoms with Crippen LogP contribution in [0.3, 0.4) is 0 Å². The predicted octanol–water partition coefficient (Wildman–Crippen LogP) is 2.44. The molecule has 0 aliphatic carbocycles. The third-order valence-corrected chi connectivity index (χ3v) is 2.34. The monoisotopic (exact) mass is 375 g/mol. The zero-order valence-corrected chi connectivity index (χ0v) is 13.5. The van der Waals surface area contributed by atoms with E-state index in [-0.39, 0.29) is 29.8 Å². The fraction of sp³-hybridized carbons (Fsp3) is 0.357. The van der Waals surface area contributed by atoms with Crippen molar-refractivity contribution in [3.63, 3.8) is 0 Å². The molecule has 0 aliphatic rings. The summed E-state index contributed by atoms with van der Waals surface area (Å²) in [7, 11) is 0. The Morgan fingerprint density at radius 2 is 2.16 bits per heavy atom. The van der Waals surface area contributed by atoms with Crippen molar-refractivity contribution in [2.24, 2.45) is 4.99 Å². The first kappa shape index (κ1) is 17.7. The lowest BCUT2D eigenvalue weighted by atomic mass is 10.1. The van der Waals surface area contributed by atoms with Crippen molar-refractivity contribution in [2.45, 2.75) is 20.4 Å². The van der Waals surface area contributed by atoms with Crippen LogP contribution < -0.4 is 10.6 Å². The Kier molecular flexibility index (Phi) is 8.96. The van der Waals surface area contributed by atoms with Gasteiger partial charge in [-0.3, -0.25) is 0 Å². The largest absolute Gasteiger partial charge is 0.357 e. The van der Waals surface area contributed by atoms with E-state index in [4.69, 9.17) is 6.42 Å². The van der Waals surface area contributed by atoms with Crippen LogP contribution in [-0.2, 0) is 6.54 Å². The van der Waals surface area contributed by atoms with Crippen molar-refractivity contribution in [1.82, 2.24) is 10.6 Å². The molecular weight excluding hydrogens is 356 g/mol. The van der Waals surface area contributed by atoms with Crippen LogP contribution in [0, 0.1) is 25.1 Å². The van der Waals surface area contributed by atoms with Gasteiger partial charge in [0.05, 0.1) is 13.1 Å². The van der Waals surface area contributed by atoms with Gasteiger partial charge in [0.15, 0.2) is 5.96 Å². The van der Waals surface area contributed by atoms with E-state index >= 15 is 0 Å². The number of halogens is 2. The topological polar surface area (TPSA) is 36.4 Å². The molecule has 5 heteroatoms. The van der Waals surface area contributed by atoms with Crippen molar-refractivity contribution in [3.8, 4) is 12.3 Å². The Bertz CT molecular complexity index is 466. The number of terminal acetylenes is 1. The number of nitrogens with one attached hydrogen (secondary N) is 2. The van der Waals surface area contributed by atoms with Gasteiger partial charge in [0.1, 0.15) is 5.82 Å². The molecule has 0 saturated carbocycles. The van der Waals surface area contributed by atoms with Gasteiger partial charge >= 0.3 is 0 Å². The second kappa shape index (κ2) is 9.62. The fourth-order valence-corrected chi connectivity index (χ4v) is 1.45. The first-order valence-corrected chi connectivity index (χ1v) is 5.88. The summed E-state index contributed by atoms with van der Waals surface area (Å²) in [5.74, 6) is 2.96. The maximum absolute atomic E-state index is 13.1. The van der Waals surface area contributed by atoms with Crippen LogP contribution in [0.5, 0.6) is 0 Å². The SMILES string of the molecule is C#CCNC(=NCc1ccc(F)c(C)c1)NCC.I. The van der Waals surface area contributed by atoms with Gasteiger partial charge in [-0.2, -0.15) is 0 Å². The smallest absolute Gasteiger partial charge is 0.192 e. The molecule has 1 rings (SSSR count). The summed E-state index contributed by atoms with van der Waals surface area (Å²) >= 11 is 0. The van der Waals surface area contributed by atoms with E-state index in [2.05, 4.69) is 21.5 Å². The second-order valence-electron chi connectivity index (χ2n) is 3.84. The summed E-state index contributed by atoms with van der Waals surface area (Å²) in [5.41, 5.74) is 1.59. The average molecular weight is 375 g/mol. The van der Waals surface area contributed by atoms with Crippen LogP contribution in [0.15, 0.2) is 23.2 Å². The van der Waals surface area contributed by atoms with Crippen molar-refractivity contribution in [2.75, 3.05) is 13.1 Å². The van der Waals surface area contributed by atoms with E-state index in [1.54, 1.807) is 19.1 Å². The molecule has 19 heavy (non-hydrogen) atoms. The molecule has 0 amide bonds. The zero-order chi connectivity index (χ0) is 13.4. The Morgan fingerprint density at radius 1 is 1.42 bits per heavy atom. The van der Waals surface area contributed by atoms with Gasteiger partial charge in [0.2, 0.25) is 0 Å². The number of hydrogen-bond acceptors (Lipinski definition) is 1. The molecular formula is C14H19FIN3. The van der Waals surface area contributed by atoms with Crippen LogP contribution in [-0.4, -0.2) is 19.0 Å². The van der Waals surface area contributed by atoms with Crippen molar-refractivity contribution in [3.05, 3.63) is 35.1 Å². The molecule has 0 fully saturated rings. The summed E-state index contributed by atoms with van der Waals surface area (Å²) in [5, 5.41) is 6.08. The number of rotatable bonds is 4. The molecule has 2 N–H and O–H groups in total. The maximum Gasteiger partial charge on any atom is 0.192 e. The Labute approximate surface area is 131 Å². The molecule has 0 atom stereocenters. The van der Waals surface area contributed by atoms with Gasteiger partial charge in [-0.1, -0.05) is 18.1 Å². The molecule has 0 saturated heterocycles. The van der Waals surface area contributed by atoms with Gasteiger partial charge in [-0.15, -0.1) is 30.4 Å². The number of guanidine groups is 1. The fourth-order valence-electron chi connectivity index (χ4n) is 1.45. The van der Waals surface area contributed by atoms with Gasteiger partial charge in [-0.05, 0) is 31.0 Å². The highest BCUT2D eigenvalue weighted by molar-refractivity contribution is 14.0. The van der Waals surface area contributed by atoms with Crippen LogP contribution in [0.1, 0.15) is 18.1 Å². The zero-order valence-electron chi connectivity index (χ0n) is 11.2. The first-order chi connectivity index (χ1) is 8.67. The van der Waals surface area contributed by atoms with E-state index in [1.807, 2.05) is 6.92 Å². The quantitative estimate of drug-likeness (QED) is 0.367. The number of hydrogen-bond donors (Lipinski definition) is 2. The minimum absolute atomic E-state index is 0. The number of nitrogens with zero attached hydrogens (tertiary/aromatic N) is 1. The molecule has 0 aliphatic heterocycles. The summed E-state index contributed by atoms with van der Waals surface area (Å²) in [6.07, 6.45) is 5.18. The number of aryl methyl sites for hydroxylation is 1. The van der Waals surface area contributed by atoms with Crippen LogP contribution >= 0.6 is 24.0 Å². The number of aliphatic imine (C=N–C) groups is 1. The van der Waals surface area contributed by atoms with Crippen molar-refractivity contribution < 1.29 is 4.39 Å². The van der Waals surface area contributed by atoms with E-state index in [9.17, 15) is 4.39 Å². The summed E-state index contributed by atoms with van der Waals surface area (Å²) in [6, 6.07) is 4.99. The molecule has 0 radical (unpaired) electrons. The molecule has 0 bridgehead atoms. The van der Waals surface area contributed by atoms with E-state index in [0.717, 1.165) is 12.1 Å². The third kappa shape index (κ3) is 6.43. The molecule has 1 aromatic carbocycles. The van der Waals surface area contributed by atoms with Gasteiger partial charge < -0.3 is 10.6 Å². The number of benzene rings is 1. The summed E-state index contributed by atoms with van der Waals surface area (Å²) in [6.45, 7) is 5.40. The summed E-state index contributed by atoms with van der Waals surface area (Å²) < 4.78 is 13.1. The Balaban J connectivity index is 0.00000324. The second-order valence-corrected chi connectivity index (χ2v) is 3.84. The standard InChI is InChI=1S/C14H18FN3.HI/c1-4-8-17-14(16-5-2)18-10-12-6-7-13(15)11(3)9-12;/h1,6-7,9H,5,8,10H2,2-3H3,(H2,16,17,18);1H. The van der Waals surface area contributed by atoms with Gasteiger partial charge in [0, 0.05) is 6.54 Å². The Hall–Kier alpha value is -1.29. The summed E-state index contributed by atoms with van der Waals surface area (Å²) in [4.78, 5) is 4.37. The highest BCUT2D eigenvalue weighted by Gasteiger charge is 1.99. The first-order valence-electron chi connectivity index (χ1n) is 5.88. The molecule has 0 heterocycles. The predicted molar refractivity (Wildman–Crippen MR) is 88.2 cm³/mol. The maximum atomic E-state index is 13.1. The van der Waals surface area contributed by atoms with Crippen LogP contribution in [0.25, 0.3) is 0 Å². The van der Waals surface area contributed by atoms with E-state index in [0.29, 0.717) is 24.6 Å². The molecule has 0 unspecified atom stereocenters. The lowest BCUT2D eigenvalue weighted by molar-refractivity contribution is 0.617. The van der Waals surface area contributed by atoms with Gasteiger partial charge in [0.25, 0.3) is 0 Å².